The Bertz CT molecular complexity index is 562. The highest BCUT2D eigenvalue weighted by molar-refractivity contribution is 7.91. The maximum atomic E-state index is 11.8. The molecule has 1 aliphatic rings. The van der Waals surface area contributed by atoms with Crippen LogP contribution in [0.3, 0.4) is 0 Å². The number of hydrogen-bond acceptors (Lipinski definition) is 4. The van der Waals surface area contributed by atoms with Crippen molar-refractivity contribution in [1.82, 2.24) is 0 Å². The summed E-state index contributed by atoms with van der Waals surface area (Å²) in [5.74, 6) is 0. The highest BCUT2D eigenvalue weighted by atomic mass is 32.2. The van der Waals surface area contributed by atoms with E-state index in [2.05, 4.69) is 11.4 Å². The van der Waals surface area contributed by atoms with Gasteiger partial charge in [-0.1, -0.05) is 18.2 Å². The molecule has 0 spiro atoms. The first-order valence-corrected chi connectivity index (χ1v) is 7.87. The zero-order valence-corrected chi connectivity index (χ0v) is 11.1. The Kier molecular flexibility index (Phi) is 3.31. The predicted octanol–water partition coefficient (Wildman–Crippen LogP) is 1.96. The van der Waals surface area contributed by atoms with E-state index in [0.29, 0.717) is 12.8 Å². The summed E-state index contributed by atoms with van der Waals surface area (Å²) in [6.45, 7) is 0. The molecular weight excluding hydrogens is 248 g/mol. The van der Waals surface area contributed by atoms with E-state index in [1.807, 2.05) is 30.3 Å². The fourth-order valence-corrected chi connectivity index (χ4v) is 4.19. The molecule has 1 N–H and O–H groups in total. The Labute approximate surface area is 108 Å². The molecule has 0 heterocycles. The molecule has 1 saturated carbocycles. The lowest BCUT2D eigenvalue weighted by Gasteiger charge is -2.29. The summed E-state index contributed by atoms with van der Waals surface area (Å²) >= 11 is 0. The molecule has 1 aliphatic carbocycles. The lowest BCUT2D eigenvalue weighted by Crippen LogP contribution is -2.47. The molecule has 0 aromatic heterocycles. The Morgan fingerprint density at radius 3 is 2.61 bits per heavy atom. The van der Waals surface area contributed by atoms with Crippen LogP contribution in [0, 0.1) is 11.3 Å². The molecule has 2 unspecified atom stereocenters. The van der Waals surface area contributed by atoms with Crippen molar-refractivity contribution >= 4 is 15.5 Å². The smallest absolute Gasteiger partial charge is 0.153 e. The first-order valence-electron chi connectivity index (χ1n) is 5.91. The second kappa shape index (κ2) is 4.62. The fourth-order valence-electron chi connectivity index (χ4n) is 2.63. The summed E-state index contributed by atoms with van der Waals surface area (Å²) in [6.07, 6.45) is 3.08. The van der Waals surface area contributed by atoms with E-state index >= 15 is 0 Å². The van der Waals surface area contributed by atoms with Crippen molar-refractivity contribution in [2.45, 2.75) is 30.1 Å². The maximum absolute atomic E-state index is 11.8. The van der Waals surface area contributed by atoms with Crippen molar-refractivity contribution in [3.63, 3.8) is 0 Å². The maximum Gasteiger partial charge on any atom is 0.153 e. The van der Waals surface area contributed by atoms with E-state index in [4.69, 9.17) is 0 Å². The van der Waals surface area contributed by atoms with Gasteiger partial charge >= 0.3 is 0 Å². The summed E-state index contributed by atoms with van der Waals surface area (Å²) in [4.78, 5) is 0. The van der Waals surface area contributed by atoms with Gasteiger partial charge in [0.2, 0.25) is 0 Å². The van der Waals surface area contributed by atoms with E-state index in [0.717, 1.165) is 12.1 Å². The number of rotatable bonds is 3. The first kappa shape index (κ1) is 12.9. The van der Waals surface area contributed by atoms with Gasteiger partial charge in [-0.05, 0) is 31.4 Å². The number of sulfone groups is 1. The molecule has 0 amide bonds. The van der Waals surface area contributed by atoms with Gasteiger partial charge in [0.05, 0.1) is 11.3 Å². The quantitative estimate of drug-likeness (QED) is 0.906. The number of benzene rings is 1. The van der Waals surface area contributed by atoms with Crippen LogP contribution in [0.2, 0.25) is 0 Å². The molecule has 0 radical (unpaired) electrons. The summed E-state index contributed by atoms with van der Waals surface area (Å²) < 4.78 is 23.6. The van der Waals surface area contributed by atoms with Crippen LogP contribution in [0.5, 0.6) is 0 Å². The number of nitrogens with one attached hydrogen (secondary N) is 1. The van der Waals surface area contributed by atoms with Crippen molar-refractivity contribution in [1.29, 1.82) is 5.26 Å². The molecular formula is C13H16N2O2S. The minimum Gasteiger partial charge on any atom is -0.366 e. The predicted molar refractivity (Wildman–Crippen MR) is 70.9 cm³/mol. The van der Waals surface area contributed by atoms with Crippen molar-refractivity contribution in [2.24, 2.45) is 0 Å². The van der Waals surface area contributed by atoms with Crippen LogP contribution in [-0.2, 0) is 9.84 Å². The van der Waals surface area contributed by atoms with Crippen LogP contribution in [0.15, 0.2) is 30.3 Å². The van der Waals surface area contributed by atoms with Crippen LogP contribution < -0.4 is 5.32 Å². The Morgan fingerprint density at radius 2 is 2.06 bits per heavy atom. The molecule has 0 aliphatic heterocycles. The lowest BCUT2D eigenvalue weighted by atomic mass is 9.99. The van der Waals surface area contributed by atoms with Crippen LogP contribution in [0.25, 0.3) is 0 Å². The topological polar surface area (TPSA) is 70.0 Å². The van der Waals surface area contributed by atoms with Gasteiger partial charge in [-0.25, -0.2) is 8.42 Å². The Morgan fingerprint density at radius 1 is 1.39 bits per heavy atom. The van der Waals surface area contributed by atoms with Crippen LogP contribution in [-0.4, -0.2) is 25.5 Å². The average molecular weight is 264 g/mol. The number of para-hydroxylation sites is 1. The van der Waals surface area contributed by atoms with Crippen LogP contribution in [0.4, 0.5) is 5.69 Å². The molecule has 0 bridgehead atoms. The van der Waals surface area contributed by atoms with Gasteiger partial charge in [0.1, 0.15) is 5.54 Å². The Hall–Kier alpha value is -1.54. The van der Waals surface area contributed by atoms with Crippen molar-refractivity contribution in [3.8, 4) is 6.07 Å². The largest absolute Gasteiger partial charge is 0.366 e. The number of nitriles is 1. The first-order chi connectivity index (χ1) is 8.48. The van der Waals surface area contributed by atoms with Crippen molar-refractivity contribution in [3.05, 3.63) is 30.3 Å². The lowest BCUT2D eigenvalue weighted by molar-refractivity contribution is 0.552. The zero-order chi connectivity index (χ0) is 13.2. The number of hydrogen-bond donors (Lipinski definition) is 1. The third-order valence-electron chi connectivity index (χ3n) is 3.44. The summed E-state index contributed by atoms with van der Waals surface area (Å²) in [5, 5.41) is 11.9. The normalized spacial score (nSPS) is 27.7. The van der Waals surface area contributed by atoms with Gasteiger partial charge in [0.25, 0.3) is 0 Å². The van der Waals surface area contributed by atoms with Gasteiger partial charge < -0.3 is 5.32 Å². The summed E-state index contributed by atoms with van der Waals surface area (Å²) in [7, 11) is -3.23. The van der Waals surface area contributed by atoms with E-state index < -0.39 is 20.6 Å². The average Bonchev–Trinajstić information content (AvgIpc) is 2.74. The number of anilines is 1. The minimum atomic E-state index is -3.23. The zero-order valence-electron chi connectivity index (χ0n) is 10.3. The molecule has 4 nitrogen and oxygen atoms in total. The fraction of sp³-hybridized carbons (Fsp3) is 0.462. The molecule has 1 fully saturated rings. The second-order valence-corrected chi connectivity index (χ2v) is 7.01. The van der Waals surface area contributed by atoms with E-state index in [1.165, 1.54) is 6.26 Å². The molecule has 18 heavy (non-hydrogen) atoms. The molecule has 0 saturated heterocycles. The highest BCUT2D eigenvalue weighted by Crippen LogP contribution is 2.37. The number of nitrogens with zero attached hydrogens (tertiary/aromatic N) is 1. The van der Waals surface area contributed by atoms with Gasteiger partial charge in [0, 0.05) is 11.9 Å². The third kappa shape index (κ3) is 2.34. The summed E-state index contributed by atoms with van der Waals surface area (Å²) in [6, 6.07) is 11.5. The van der Waals surface area contributed by atoms with E-state index in [-0.39, 0.29) is 0 Å². The minimum absolute atomic E-state index is 0.548. The van der Waals surface area contributed by atoms with Gasteiger partial charge in [-0.2, -0.15) is 5.26 Å². The molecule has 5 heteroatoms. The van der Waals surface area contributed by atoms with E-state index in [9.17, 15) is 13.7 Å². The highest BCUT2D eigenvalue weighted by Gasteiger charge is 2.48. The van der Waals surface area contributed by atoms with Gasteiger partial charge in [-0.3, -0.25) is 0 Å². The molecule has 1 aromatic rings. The van der Waals surface area contributed by atoms with Gasteiger partial charge in [-0.15, -0.1) is 0 Å². The molecule has 96 valence electrons. The van der Waals surface area contributed by atoms with Gasteiger partial charge in [0.15, 0.2) is 9.84 Å². The SMILES string of the molecule is CS(=O)(=O)C1CCCC1(C#N)Nc1ccccc1. The third-order valence-corrected chi connectivity index (χ3v) is 5.12. The van der Waals surface area contributed by atoms with Crippen LogP contribution in [0.1, 0.15) is 19.3 Å². The molecule has 2 rings (SSSR count). The second-order valence-electron chi connectivity index (χ2n) is 4.78. The van der Waals surface area contributed by atoms with Crippen molar-refractivity contribution in [2.75, 3.05) is 11.6 Å². The summed E-state index contributed by atoms with van der Waals surface area (Å²) in [5.41, 5.74) is -0.204. The molecule has 1 aromatic carbocycles. The molecule has 2 atom stereocenters. The monoisotopic (exact) mass is 264 g/mol. The Balaban J connectivity index is 2.35. The van der Waals surface area contributed by atoms with E-state index in [1.54, 1.807) is 0 Å². The van der Waals surface area contributed by atoms with Crippen LogP contribution >= 0.6 is 0 Å². The van der Waals surface area contributed by atoms with Crippen molar-refractivity contribution < 1.29 is 8.42 Å². The standard InChI is InChI=1S/C13H16N2O2S/c1-18(16,17)12-8-5-9-13(12,10-14)15-11-6-3-2-4-7-11/h2-4,6-7,12,15H,5,8-9H2,1H3.